The summed E-state index contributed by atoms with van der Waals surface area (Å²) in [7, 11) is 0. The van der Waals surface area contributed by atoms with Crippen LogP contribution in [0.3, 0.4) is 0 Å². The first kappa shape index (κ1) is 25.3. The number of aryl methyl sites for hydroxylation is 2. The van der Waals surface area contributed by atoms with E-state index < -0.39 is 0 Å². The highest BCUT2D eigenvalue weighted by molar-refractivity contribution is 5.93. The summed E-state index contributed by atoms with van der Waals surface area (Å²) in [5, 5.41) is 27.7. The Hall–Kier alpha value is -3.36. The number of nitrogens with one attached hydrogen (secondary N) is 2. The lowest BCUT2D eigenvalue weighted by Gasteiger charge is -2.07. The molecule has 0 saturated heterocycles. The minimum Gasteiger partial charge on any atom is -0.507 e. The number of nitrogens with zero attached hydrogens (tertiary/aromatic N) is 4. The van der Waals surface area contributed by atoms with Crippen molar-refractivity contribution in [1.29, 1.82) is 0 Å². The van der Waals surface area contributed by atoms with Crippen molar-refractivity contribution in [1.82, 2.24) is 10.6 Å². The van der Waals surface area contributed by atoms with Crippen molar-refractivity contribution in [3.8, 4) is 11.5 Å². The SMILES string of the molecule is Cc1cc2c(O)c(c1)C=NCCNCCN=Cc1cc(C)cc(c1O)C=NCCNCCN=C2. The molecule has 0 unspecified atom stereocenters. The van der Waals surface area contributed by atoms with E-state index in [1.807, 2.05) is 38.1 Å². The van der Waals surface area contributed by atoms with Crippen molar-refractivity contribution in [2.45, 2.75) is 13.8 Å². The fraction of sp³-hybridized carbons (Fsp3) is 0.385. The van der Waals surface area contributed by atoms with Gasteiger partial charge in [-0.3, -0.25) is 20.0 Å². The van der Waals surface area contributed by atoms with Gasteiger partial charge in [0.15, 0.2) is 0 Å². The van der Waals surface area contributed by atoms with E-state index in [1.165, 1.54) is 0 Å². The molecule has 1 aliphatic heterocycles. The summed E-state index contributed by atoms with van der Waals surface area (Å²) in [4.78, 5) is 17.7. The molecule has 4 N–H and O–H groups in total. The normalized spacial score (nSPS) is 16.3. The lowest BCUT2D eigenvalue weighted by Crippen LogP contribution is -2.21. The minimum absolute atomic E-state index is 0.193. The molecule has 0 radical (unpaired) electrons. The molecule has 2 aromatic rings. The molecule has 0 aliphatic carbocycles. The van der Waals surface area contributed by atoms with Crippen LogP contribution in [0.5, 0.6) is 11.5 Å². The number of fused-ring (bicyclic) bond motifs is 4. The molecule has 2 aromatic carbocycles. The van der Waals surface area contributed by atoms with Gasteiger partial charge in [0.2, 0.25) is 0 Å². The van der Waals surface area contributed by atoms with Gasteiger partial charge >= 0.3 is 0 Å². The second-order valence-corrected chi connectivity index (χ2v) is 8.23. The van der Waals surface area contributed by atoms with Crippen LogP contribution >= 0.6 is 0 Å². The molecule has 0 spiro atoms. The van der Waals surface area contributed by atoms with E-state index in [2.05, 4.69) is 30.6 Å². The quantitative estimate of drug-likeness (QED) is 0.481. The zero-order chi connectivity index (χ0) is 24.2. The highest BCUT2D eigenvalue weighted by atomic mass is 16.3. The van der Waals surface area contributed by atoms with Crippen LogP contribution in [-0.4, -0.2) is 87.4 Å². The standard InChI is InChI=1S/C26H34N6O2/c1-19-11-21-15-29-7-3-27-5-9-31-17-23-13-20(2)14-24(26(23)34)18-32-10-6-28-4-8-30-16-22(12-19)25(21)33/h11-18,27-28,33-34H,3-10H2,1-2H3. The highest BCUT2D eigenvalue weighted by Crippen LogP contribution is 2.23. The van der Waals surface area contributed by atoms with E-state index in [4.69, 9.17) is 0 Å². The molecule has 8 nitrogen and oxygen atoms in total. The Labute approximate surface area is 201 Å². The summed E-state index contributed by atoms with van der Waals surface area (Å²) in [6, 6.07) is 7.65. The monoisotopic (exact) mass is 462 g/mol. The van der Waals surface area contributed by atoms with Gasteiger partial charge in [-0.2, -0.15) is 0 Å². The van der Waals surface area contributed by atoms with Crippen LogP contribution in [0.25, 0.3) is 0 Å². The van der Waals surface area contributed by atoms with Crippen molar-refractivity contribution in [2.75, 3.05) is 52.4 Å². The third-order valence-electron chi connectivity index (χ3n) is 5.22. The van der Waals surface area contributed by atoms with Gasteiger partial charge in [0.1, 0.15) is 11.5 Å². The molecule has 1 aliphatic rings. The van der Waals surface area contributed by atoms with Crippen LogP contribution < -0.4 is 10.6 Å². The first-order chi connectivity index (χ1) is 16.5. The maximum Gasteiger partial charge on any atom is 0.133 e. The lowest BCUT2D eigenvalue weighted by atomic mass is 10.1. The molecule has 0 amide bonds. The molecule has 0 atom stereocenters. The third kappa shape index (κ3) is 7.90. The molecule has 8 heteroatoms. The second kappa shape index (κ2) is 13.4. The van der Waals surface area contributed by atoms with Crippen LogP contribution in [0.4, 0.5) is 0 Å². The minimum atomic E-state index is 0.193. The van der Waals surface area contributed by atoms with Crippen LogP contribution in [0.2, 0.25) is 0 Å². The van der Waals surface area contributed by atoms with E-state index in [0.717, 1.165) is 11.1 Å². The van der Waals surface area contributed by atoms with E-state index >= 15 is 0 Å². The molecule has 0 fully saturated rings. The van der Waals surface area contributed by atoms with E-state index in [0.29, 0.717) is 74.6 Å². The lowest BCUT2D eigenvalue weighted by molar-refractivity contribution is 0.473. The number of phenols is 2. The fourth-order valence-corrected chi connectivity index (χ4v) is 3.54. The summed E-state index contributed by atoms with van der Waals surface area (Å²) < 4.78 is 0. The fourth-order valence-electron chi connectivity index (χ4n) is 3.54. The number of aliphatic imine (C=N–C) groups is 4. The zero-order valence-corrected chi connectivity index (χ0v) is 20.0. The summed E-state index contributed by atoms with van der Waals surface area (Å²) in [5.41, 5.74) is 4.84. The van der Waals surface area contributed by atoms with Crippen LogP contribution in [0.1, 0.15) is 33.4 Å². The van der Waals surface area contributed by atoms with Crippen molar-refractivity contribution < 1.29 is 10.2 Å². The second-order valence-electron chi connectivity index (χ2n) is 8.23. The van der Waals surface area contributed by atoms with Gasteiger partial charge in [-0.1, -0.05) is 0 Å². The van der Waals surface area contributed by atoms with Gasteiger partial charge < -0.3 is 20.8 Å². The van der Waals surface area contributed by atoms with Gasteiger partial charge in [-0.25, -0.2) is 0 Å². The number of benzene rings is 2. The van der Waals surface area contributed by atoms with Crippen LogP contribution in [-0.2, 0) is 0 Å². The topological polar surface area (TPSA) is 114 Å². The average Bonchev–Trinajstić information content (AvgIpc) is 2.81. The number of rotatable bonds is 0. The molecule has 3 rings (SSSR count). The summed E-state index contributed by atoms with van der Waals surface area (Å²) >= 11 is 0. The predicted octanol–water partition coefficient (Wildman–Crippen LogP) is 2.28. The Morgan fingerprint density at radius 2 is 0.794 bits per heavy atom. The first-order valence-electron chi connectivity index (χ1n) is 11.6. The van der Waals surface area contributed by atoms with Gasteiger partial charge in [0.25, 0.3) is 0 Å². The average molecular weight is 463 g/mol. The van der Waals surface area contributed by atoms with Crippen molar-refractivity contribution in [3.63, 3.8) is 0 Å². The van der Waals surface area contributed by atoms with Crippen molar-refractivity contribution in [2.24, 2.45) is 20.0 Å². The molecule has 0 aromatic heterocycles. The number of hydrogen-bond donors (Lipinski definition) is 4. The van der Waals surface area contributed by atoms with Crippen LogP contribution in [0, 0.1) is 13.8 Å². The molecule has 180 valence electrons. The smallest absolute Gasteiger partial charge is 0.133 e. The van der Waals surface area contributed by atoms with E-state index in [-0.39, 0.29) is 11.5 Å². The van der Waals surface area contributed by atoms with Gasteiger partial charge in [-0.15, -0.1) is 0 Å². The maximum atomic E-state index is 10.6. The first-order valence-corrected chi connectivity index (χ1v) is 11.6. The Balaban J connectivity index is 1.70. The Morgan fingerprint density at radius 3 is 1.06 bits per heavy atom. The maximum absolute atomic E-state index is 10.6. The molecule has 1 heterocycles. The Morgan fingerprint density at radius 1 is 0.529 bits per heavy atom. The highest BCUT2D eigenvalue weighted by Gasteiger charge is 2.07. The van der Waals surface area contributed by atoms with Crippen LogP contribution in [0.15, 0.2) is 44.2 Å². The van der Waals surface area contributed by atoms with Gasteiger partial charge in [-0.05, 0) is 49.2 Å². The largest absolute Gasteiger partial charge is 0.507 e. The van der Waals surface area contributed by atoms with E-state index in [1.54, 1.807) is 24.9 Å². The number of aromatic hydroxyl groups is 2. The summed E-state index contributed by atoms with van der Waals surface area (Å²) in [6.45, 7) is 9.16. The molecular weight excluding hydrogens is 428 g/mol. The van der Waals surface area contributed by atoms with E-state index in [9.17, 15) is 10.2 Å². The number of hydrogen-bond acceptors (Lipinski definition) is 8. The molecular formula is C26H34N6O2. The Bertz CT molecular complexity index is 915. The summed E-state index contributed by atoms with van der Waals surface area (Å²) in [6.07, 6.45) is 6.83. The molecule has 0 saturated carbocycles. The molecule has 34 heavy (non-hydrogen) atoms. The third-order valence-corrected chi connectivity index (χ3v) is 5.22. The predicted molar refractivity (Wildman–Crippen MR) is 141 cm³/mol. The molecule has 4 bridgehead atoms. The summed E-state index contributed by atoms with van der Waals surface area (Å²) in [5.74, 6) is 0.387. The van der Waals surface area contributed by atoms with Gasteiger partial charge in [0.05, 0.1) is 26.2 Å². The van der Waals surface area contributed by atoms with Crippen molar-refractivity contribution >= 4 is 24.9 Å². The number of phenolic OH excluding ortho intramolecular Hbond substituents is 2. The van der Waals surface area contributed by atoms with Gasteiger partial charge in [0, 0.05) is 73.3 Å². The Kier molecular flexibility index (Phi) is 9.94. The van der Waals surface area contributed by atoms with Crippen molar-refractivity contribution in [3.05, 3.63) is 57.6 Å². The zero-order valence-electron chi connectivity index (χ0n) is 20.0.